The van der Waals surface area contributed by atoms with E-state index < -0.39 is 0 Å². The second-order valence-electron chi connectivity index (χ2n) is 5.45. The fourth-order valence-corrected chi connectivity index (χ4v) is 2.45. The minimum Gasteiger partial charge on any atom is -0.294 e. The number of aryl methyl sites for hydroxylation is 1. The Morgan fingerprint density at radius 2 is 1.32 bits per heavy atom. The molecular weight excluding hydrogens is 272 g/mol. The molecular formula is C20H16O2. The Morgan fingerprint density at radius 1 is 0.727 bits per heavy atom. The molecule has 0 saturated heterocycles. The van der Waals surface area contributed by atoms with E-state index in [0.717, 1.165) is 16.3 Å². The van der Waals surface area contributed by atoms with E-state index in [1.54, 1.807) is 18.2 Å². The second kappa shape index (κ2) is 5.94. The molecule has 0 bridgehead atoms. The van der Waals surface area contributed by atoms with Gasteiger partial charge in [0.25, 0.3) is 0 Å². The van der Waals surface area contributed by atoms with Crippen molar-refractivity contribution in [2.45, 2.75) is 13.3 Å². The standard InChI is InChI=1S/C20H16O2/c1-14-6-8-16(9-7-14)19(21)13-20(22)18-11-10-15-4-2-3-5-17(15)12-18/h2-12H,13H2,1H3. The Balaban J connectivity index is 1.80. The minimum absolute atomic E-state index is 0.0958. The van der Waals surface area contributed by atoms with Crippen molar-refractivity contribution in [1.82, 2.24) is 0 Å². The van der Waals surface area contributed by atoms with Gasteiger partial charge in [-0.05, 0) is 23.8 Å². The zero-order valence-corrected chi connectivity index (χ0v) is 12.4. The van der Waals surface area contributed by atoms with E-state index in [-0.39, 0.29) is 18.0 Å². The first kappa shape index (κ1) is 14.2. The Hall–Kier alpha value is -2.74. The van der Waals surface area contributed by atoms with Crippen molar-refractivity contribution in [1.29, 1.82) is 0 Å². The van der Waals surface area contributed by atoms with Gasteiger partial charge in [0, 0.05) is 11.1 Å². The van der Waals surface area contributed by atoms with Crippen molar-refractivity contribution in [2.75, 3.05) is 0 Å². The smallest absolute Gasteiger partial charge is 0.170 e. The lowest BCUT2D eigenvalue weighted by Crippen LogP contribution is -2.08. The van der Waals surface area contributed by atoms with Crippen molar-refractivity contribution in [3.63, 3.8) is 0 Å². The molecule has 0 fully saturated rings. The van der Waals surface area contributed by atoms with Gasteiger partial charge in [-0.3, -0.25) is 9.59 Å². The van der Waals surface area contributed by atoms with Crippen molar-refractivity contribution in [3.05, 3.63) is 83.4 Å². The highest BCUT2D eigenvalue weighted by Gasteiger charge is 2.13. The molecule has 3 aromatic carbocycles. The number of Topliss-reactive ketones (excluding diaryl/α,β-unsaturated/α-hetero) is 2. The van der Waals surface area contributed by atoms with Gasteiger partial charge in [-0.15, -0.1) is 0 Å². The maximum absolute atomic E-state index is 12.3. The summed E-state index contributed by atoms with van der Waals surface area (Å²) >= 11 is 0. The lowest BCUT2D eigenvalue weighted by Gasteiger charge is -2.04. The topological polar surface area (TPSA) is 34.1 Å². The lowest BCUT2D eigenvalue weighted by molar-refractivity contribution is 0.0894. The molecule has 3 aromatic rings. The molecule has 3 rings (SSSR count). The monoisotopic (exact) mass is 288 g/mol. The third-order valence-electron chi connectivity index (χ3n) is 3.77. The predicted molar refractivity (Wildman–Crippen MR) is 88.4 cm³/mol. The van der Waals surface area contributed by atoms with E-state index >= 15 is 0 Å². The van der Waals surface area contributed by atoms with Crippen LogP contribution in [0.4, 0.5) is 0 Å². The molecule has 108 valence electrons. The minimum atomic E-state index is -0.142. The van der Waals surface area contributed by atoms with Crippen LogP contribution in [0.3, 0.4) is 0 Å². The fraction of sp³-hybridized carbons (Fsp3) is 0.100. The third-order valence-corrected chi connectivity index (χ3v) is 3.77. The molecule has 0 aliphatic heterocycles. The van der Waals surface area contributed by atoms with Crippen LogP contribution in [0.25, 0.3) is 10.8 Å². The summed E-state index contributed by atoms with van der Waals surface area (Å²) in [7, 11) is 0. The number of carbonyl (C=O) groups excluding carboxylic acids is 2. The molecule has 0 heterocycles. The number of benzene rings is 3. The number of carbonyl (C=O) groups is 2. The van der Waals surface area contributed by atoms with Gasteiger partial charge in [0.15, 0.2) is 11.6 Å². The second-order valence-corrected chi connectivity index (χ2v) is 5.45. The van der Waals surface area contributed by atoms with Crippen molar-refractivity contribution >= 4 is 22.3 Å². The van der Waals surface area contributed by atoms with Crippen molar-refractivity contribution < 1.29 is 9.59 Å². The molecule has 0 N–H and O–H groups in total. The summed E-state index contributed by atoms with van der Waals surface area (Å²) in [4.78, 5) is 24.5. The molecule has 0 spiro atoms. The summed E-state index contributed by atoms with van der Waals surface area (Å²) < 4.78 is 0. The first-order valence-electron chi connectivity index (χ1n) is 7.25. The van der Waals surface area contributed by atoms with E-state index in [4.69, 9.17) is 0 Å². The lowest BCUT2D eigenvalue weighted by atomic mass is 9.99. The average Bonchev–Trinajstić information content (AvgIpc) is 2.55. The van der Waals surface area contributed by atoms with Gasteiger partial charge in [0.1, 0.15) is 0 Å². The van der Waals surface area contributed by atoms with Gasteiger partial charge < -0.3 is 0 Å². The van der Waals surface area contributed by atoms with Gasteiger partial charge in [-0.1, -0.05) is 66.2 Å². The fourth-order valence-electron chi connectivity index (χ4n) is 2.45. The average molecular weight is 288 g/mol. The number of fused-ring (bicyclic) bond motifs is 1. The Labute approximate surface area is 129 Å². The van der Waals surface area contributed by atoms with Crippen LogP contribution in [-0.4, -0.2) is 11.6 Å². The van der Waals surface area contributed by atoms with Crippen LogP contribution in [0.2, 0.25) is 0 Å². The Bertz CT molecular complexity index is 845. The van der Waals surface area contributed by atoms with E-state index in [1.165, 1.54) is 0 Å². The molecule has 0 aliphatic rings. The van der Waals surface area contributed by atoms with Crippen LogP contribution in [0.5, 0.6) is 0 Å². The van der Waals surface area contributed by atoms with Gasteiger partial charge in [-0.2, -0.15) is 0 Å². The summed E-state index contributed by atoms with van der Waals surface area (Å²) in [5.74, 6) is -0.283. The molecule has 0 atom stereocenters. The predicted octanol–water partition coefficient (Wildman–Crippen LogP) is 4.60. The first-order valence-corrected chi connectivity index (χ1v) is 7.25. The van der Waals surface area contributed by atoms with E-state index in [1.807, 2.05) is 55.5 Å². The first-order chi connectivity index (χ1) is 10.6. The number of ketones is 2. The van der Waals surface area contributed by atoms with Gasteiger partial charge >= 0.3 is 0 Å². The van der Waals surface area contributed by atoms with Crippen LogP contribution in [0.1, 0.15) is 32.7 Å². The van der Waals surface area contributed by atoms with Crippen LogP contribution in [-0.2, 0) is 0 Å². The largest absolute Gasteiger partial charge is 0.294 e. The summed E-state index contributed by atoms with van der Waals surface area (Å²) in [5.41, 5.74) is 2.26. The molecule has 0 saturated carbocycles. The quantitative estimate of drug-likeness (QED) is 0.519. The van der Waals surface area contributed by atoms with Crippen LogP contribution in [0.15, 0.2) is 66.7 Å². The summed E-state index contributed by atoms with van der Waals surface area (Å²) in [6, 6.07) is 20.7. The van der Waals surface area contributed by atoms with Gasteiger partial charge in [0.05, 0.1) is 6.42 Å². The van der Waals surface area contributed by atoms with E-state index in [9.17, 15) is 9.59 Å². The molecule has 2 nitrogen and oxygen atoms in total. The van der Waals surface area contributed by atoms with Crippen LogP contribution >= 0.6 is 0 Å². The molecule has 0 aromatic heterocycles. The molecule has 22 heavy (non-hydrogen) atoms. The SMILES string of the molecule is Cc1ccc(C(=O)CC(=O)c2ccc3ccccc3c2)cc1. The summed E-state index contributed by atoms with van der Waals surface area (Å²) in [5, 5.41) is 2.10. The highest BCUT2D eigenvalue weighted by atomic mass is 16.1. The van der Waals surface area contributed by atoms with Crippen molar-refractivity contribution in [2.24, 2.45) is 0 Å². The van der Waals surface area contributed by atoms with Crippen molar-refractivity contribution in [3.8, 4) is 0 Å². The molecule has 0 amide bonds. The Morgan fingerprint density at radius 3 is 2.05 bits per heavy atom. The maximum atomic E-state index is 12.3. The summed E-state index contributed by atoms with van der Waals surface area (Å²) in [6.45, 7) is 1.97. The number of hydrogen-bond donors (Lipinski definition) is 0. The highest BCUT2D eigenvalue weighted by molar-refractivity contribution is 6.14. The van der Waals surface area contributed by atoms with Gasteiger partial charge in [-0.25, -0.2) is 0 Å². The molecule has 0 unspecified atom stereocenters. The number of hydrogen-bond acceptors (Lipinski definition) is 2. The number of rotatable bonds is 4. The normalized spacial score (nSPS) is 10.6. The third kappa shape index (κ3) is 2.96. The molecule has 0 aliphatic carbocycles. The van der Waals surface area contributed by atoms with Gasteiger partial charge in [0.2, 0.25) is 0 Å². The van der Waals surface area contributed by atoms with E-state index in [0.29, 0.717) is 11.1 Å². The molecule has 2 heteroatoms. The van der Waals surface area contributed by atoms with Crippen LogP contribution in [0, 0.1) is 6.92 Å². The highest BCUT2D eigenvalue weighted by Crippen LogP contribution is 2.17. The van der Waals surface area contributed by atoms with E-state index in [2.05, 4.69) is 0 Å². The zero-order chi connectivity index (χ0) is 15.5. The summed E-state index contributed by atoms with van der Waals surface area (Å²) in [6.07, 6.45) is -0.0958. The Kier molecular flexibility index (Phi) is 3.84. The maximum Gasteiger partial charge on any atom is 0.170 e. The van der Waals surface area contributed by atoms with Crippen LogP contribution < -0.4 is 0 Å². The molecule has 0 radical (unpaired) electrons. The zero-order valence-electron chi connectivity index (χ0n) is 12.4.